The van der Waals surface area contributed by atoms with Gasteiger partial charge in [0.1, 0.15) is 0 Å². The number of halogens is 1. The molecule has 0 aliphatic carbocycles. The van der Waals surface area contributed by atoms with E-state index < -0.39 is 17.7 Å². The Hall–Kier alpha value is -2.36. The maximum absolute atomic E-state index is 13.4. The van der Waals surface area contributed by atoms with Crippen LogP contribution in [-0.4, -0.2) is 17.7 Å². The highest BCUT2D eigenvalue weighted by molar-refractivity contribution is 5.76. The Morgan fingerprint density at radius 1 is 1.22 bits per heavy atom. The minimum absolute atomic E-state index is 0.200. The fourth-order valence-electron chi connectivity index (χ4n) is 2.58. The van der Waals surface area contributed by atoms with Gasteiger partial charge in [-0.25, -0.2) is 4.39 Å². The summed E-state index contributed by atoms with van der Waals surface area (Å²) in [5, 5.41) is 9.50. The summed E-state index contributed by atoms with van der Waals surface area (Å²) in [5.41, 5.74) is 2.85. The molecule has 1 atom stereocenters. The van der Waals surface area contributed by atoms with Gasteiger partial charge in [-0.05, 0) is 49.9 Å². The van der Waals surface area contributed by atoms with Gasteiger partial charge in [0.25, 0.3) is 0 Å². The third-order valence-corrected chi connectivity index (χ3v) is 3.84. The molecule has 0 saturated carbocycles. The molecule has 0 radical (unpaired) electrons. The molecule has 0 heterocycles. The third kappa shape index (κ3) is 4.55. The number of carboxylic acids is 1. The quantitative estimate of drug-likeness (QED) is 0.767. The van der Waals surface area contributed by atoms with Crippen LogP contribution in [0.5, 0.6) is 5.75 Å². The number of aliphatic carboxylic acids is 1. The lowest BCUT2D eigenvalue weighted by atomic mass is 9.90. The predicted octanol–water partition coefficient (Wildman–Crippen LogP) is 4.47. The zero-order valence-corrected chi connectivity index (χ0v) is 13.4. The smallest absolute Gasteiger partial charge is 0.310 e. The lowest BCUT2D eigenvalue weighted by Crippen LogP contribution is -2.14. The molecule has 0 bridgehead atoms. The summed E-state index contributed by atoms with van der Waals surface area (Å²) in [6.45, 7) is 4.15. The minimum Gasteiger partial charge on any atom is -0.491 e. The predicted molar refractivity (Wildman–Crippen MR) is 87.4 cm³/mol. The largest absolute Gasteiger partial charge is 0.491 e. The molecule has 0 amide bonds. The molecular formula is C19H21FO3. The minimum atomic E-state index is -0.843. The molecule has 0 aromatic heterocycles. The van der Waals surface area contributed by atoms with Crippen molar-refractivity contribution in [2.45, 2.75) is 32.6 Å². The van der Waals surface area contributed by atoms with Gasteiger partial charge in [-0.15, -0.1) is 0 Å². The highest BCUT2D eigenvalue weighted by atomic mass is 19.1. The molecule has 0 aliphatic rings. The number of hydrogen-bond acceptors (Lipinski definition) is 2. The van der Waals surface area contributed by atoms with Crippen LogP contribution in [0, 0.1) is 19.7 Å². The van der Waals surface area contributed by atoms with E-state index in [1.807, 2.05) is 32.0 Å². The van der Waals surface area contributed by atoms with E-state index in [0.29, 0.717) is 12.8 Å². The number of aryl methyl sites for hydroxylation is 2. The number of benzene rings is 2. The van der Waals surface area contributed by atoms with Crippen molar-refractivity contribution < 1.29 is 19.0 Å². The van der Waals surface area contributed by atoms with Crippen molar-refractivity contribution in [2.24, 2.45) is 0 Å². The molecule has 1 N–H and O–H groups in total. The highest BCUT2D eigenvalue weighted by Crippen LogP contribution is 2.26. The molecule has 0 saturated heterocycles. The molecular weight excluding hydrogens is 295 g/mol. The molecule has 2 rings (SSSR count). The van der Waals surface area contributed by atoms with Gasteiger partial charge in [0.2, 0.25) is 0 Å². The van der Waals surface area contributed by atoms with Crippen LogP contribution in [0.15, 0.2) is 42.5 Å². The summed E-state index contributed by atoms with van der Waals surface area (Å²) < 4.78 is 18.8. The number of hydrogen-bond donors (Lipinski definition) is 1. The van der Waals surface area contributed by atoms with Crippen molar-refractivity contribution in [3.8, 4) is 5.75 Å². The molecule has 1 unspecified atom stereocenters. The van der Waals surface area contributed by atoms with E-state index in [9.17, 15) is 14.3 Å². The van der Waals surface area contributed by atoms with Crippen molar-refractivity contribution in [1.82, 2.24) is 0 Å². The molecule has 4 heteroatoms. The van der Waals surface area contributed by atoms with Crippen LogP contribution in [0.2, 0.25) is 0 Å². The van der Waals surface area contributed by atoms with E-state index in [4.69, 9.17) is 4.74 Å². The topological polar surface area (TPSA) is 46.5 Å². The van der Waals surface area contributed by atoms with Gasteiger partial charge in [0.05, 0.1) is 12.5 Å². The Balaban J connectivity index is 1.97. The molecule has 122 valence electrons. The van der Waals surface area contributed by atoms with Crippen LogP contribution in [0.4, 0.5) is 4.39 Å². The molecule has 2 aromatic carbocycles. The zero-order chi connectivity index (χ0) is 16.8. The first kappa shape index (κ1) is 17.0. The van der Waals surface area contributed by atoms with E-state index in [0.717, 1.165) is 16.7 Å². The Kier molecular flexibility index (Phi) is 5.74. The van der Waals surface area contributed by atoms with Crippen molar-refractivity contribution in [3.05, 3.63) is 65.0 Å². The average molecular weight is 316 g/mol. The first-order valence-electron chi connectivity index (χ1n) is 7.66. The maximum atomic E-state index is 13.4. The summed E-state index contributed by atoms with van der Waals surface area (Å²) in [7, 11) is 0. The third-order valence-electron chi connectivity index (χ3n) is 3.84. The molecule has 0 fully saturated rings. The lowest BCUT2D eigenvalue weighted by Gasteiger charge is -2.16. The monoisotopic (exact) mass is 316 g/mol. The SMILES string of the molecule is Cc1ccc(C)c(C(CCCOc2ccccc2F)C(=O)O)c1. The van der Waals surface area contributed by atoms with Gasteiger partial charge in [-0.2, -0.15) is 0 Å². The number of carbonyl (C=O) groups is 1. The van der Waals surface area contributed by atoms with E-state index >= 15 is 0 Å². The van der Waals surface area contributed by atoms with Gasteiger partial charge in [-0.3, -0.25) is 4.79 Å². The normalized spacial score (nSPS) is 12.0. The highest BCUT2D eigenvalue weighted by Gasteiger charge is 2.21. The summed E-state index contributed by atoms with van der Waals surface area (Å²) in [4.78, 5) is 11.6. The van der Waals surface area contributed by atoms with Crippen LogP contribution in [0.1, 0.15) is 35.4 Å². The van der Waals surface area contributed by atoms with Crippen LogP contribution in [0.25, 0.3) is 0 Å². The summed E-state index contributed by atoms with van der Waals surface area (Å²) in [6, 6.07) is 12.0. The van der Waals surface area contributed by atoms with Crippen molar-refractivity contribution >= 4 is 5.97 Å². The van der Waals surface area contributed by atoms with Gasteiger partial charge in [-0.1, -0.05) is 35.9 Å². The Morgan fingerprint density at radius 3 is 2.65 bits per heavy atom. The molecule has 0 spiro atoms. The first-order valence-corrected chi connectivity index (χ1v) is 7.66. The second-order valence-electron chi connectivity index (χ2n) is 5.67. The van der Waals surface area contributed by atoms with Crippen LogP contribution >= 0.6 is 0 Å². The number of carboxylic acid groups (broad SMARTS) is 1. The van der Waals surface area contributed by atoms with Gasteiger partial charge in [0.15, 0.2) is 11.6 Å². The molecule has 23 heavy (non-hydrogen) atoms. The zero-order valence-electron chi connectivity index (χ0n) is 13.4. The second kappa shape index (κ2) is 7.77. The molecule has 2 aromatic rings. The van der Waals surface area contributed by atoms with Crippen molar-refractivity contribution in [3.63, 3.8) is 0 Å². The van der Waals surface area contributed by atoms with E-state index in [-0.39, 0.29) is 12.4 Å². The summed E-state index contributed by atoms with van der Waals surface area (Å²) in [5.74, 6) is -1.62. The van der Waals surface area contributed by atoms with Crippen molar-refractivity contribution in [1.29, 1.82) is 0 Å². The van der Waals surface area contributed by atoms with Gasteiger partial charge in [0, 0.05) is 0 Å². The summed E-state index contributed by atoms with van der Waals surface area (Å²) >= 11 is 0. The fourth-order valence-corrected chi connectivity index (χ4v) is 2.58. The van der Waals surface area contributed by atoms with Crippen LogP contribution < -0.4 is 4.74 Å². The Labute approximate surface area is 135 Å². The molecule has 3 nitrogen and oxygen atoms in total. The van der Waals surface area contributed by atoms with E-state index in [1.165, 1.54) is 6.07 Å². The standard InChI is InChI=1S/C19H21FO3/c1-13-9-10-14(2)16(12-13)15(19(21)22)6-5-11-23-18-8-4-3-7-17(18)20/h3-4,7-10,12,15H,5-6,11H2,1-2H3,(H,21,22). The Morgan fingerprint density at radius 2 is 1.96 bits per heavy atom. The van der Waals surface area contributed by atoms with Crippen molar-refractivity contribution in [2.75, 3.05) is 6.61 Å². The fraction of sp³-hybridized carbons (Fsp3) is 0.316. The van der Waals surface area contributed by atoms with E-state index in [2.05, 4.69) is 0 Å². The first-order chi connectivity index (χ1) is 11.0. The lowest BCUT2D eigenvalue weighted by molar-refractivity contribution is -0.139. The average Bonchev–Trinajstić information content (AvgIpc) is 2.51. The second-order valence-corrected chi connectivity index (χ2v) is 5.67. The number of para-hydroxylation sites is 1. The summed E-state index contributed by atoms with van der Waals surface area (Å²) in [6.07, 6.45) is 0.993. The Bertz CT molecular complexity index is 682. The number of rotatable bonds is 7. The van der Waals surface area contributed by atoms with Crippen LogP contribution in [0.3, 0.4) is 0 Å². The van der Waals surface area contributed by atoms with Gasteiger partial charge < -0.3 is 9.84 Å². The maximum Gasteiger partial charge on any atom is 0.310 e. The number of ether oxygens (including phenoxy) is 1. The van der Waals surface area contributed by atoms with E-state index in [1.54, 1.807) is 18.2 Å². The van der Waals surface area contributed by atoms with Gasteiger partial charge >= 0.3 is 5.97 Å². The molecule has 0 aliphatic heterocycles. The van der Waals surface area contributed by atoms with Crippen LogP contribution in [-0.2, 0) is 4.79 Å².